The van der Waals surface area contributed by atoms with Crippen LogP contribution in [0.25, 0.3) is 0 Å². The SMILES string of the molecule is CCCCCCNC1CCCc2sc(I)cc21. The van der Waals surface area contributed by atoms with Crippen molar-refractivity contribution < 1.29 is 0 Å². The van der Waals surface area contributed by atoms with Crippen molar-refractivity contribution in [2.75, 3.05) is 6.54 Å². The Morgan fingerprint density at radius 2 is 2.29 bits per heavy atom. The average molecular weight is 363 g/mol. The van der Waals surface area contributed by atoms with Gasteiger partial charge in [-0.3, -0.25) is 0 Å². The van der Waals surface area contributed by atoms with E-state index in [4.69, 9.17) is 0 Å². The zero-order valence-corrected chi connectivity index (χ0v) is 13.6. The quantitative estimate of drug-likeness (QED) is 0.560. The third-order valence-corrected chi connectivity index (χ3v) is 5.48. The van der Waals surface area contributed by atoms with Crippen molar-refractivity contribution in [3.8, 4) is 0 Å². The molecule has 1 aromatic heterocycles. The Labute approximate surface area is 123 Å². The molecule has 2 rings (SSSR count). The molecule has 1 aromatic rings. The molecular weight excluding hydrogens is 341 g/mol. The summed E-state index contributed by atoms with van der Waals surface area (Å²) in [6, 6.07) is 3.03. The van der Waals surface area contributed by atoms with Crippen LogP contribution in [0.15, 0.2) is 6.07 Å². The number of hydrogen-bond donors (Lipinski definition) is 1. The molecule has 0 aliphatic heterocycles. The molecule has 0 spiro atoms. The lowest BCUT2D eigenvalue weighted by atomic mass is 9.94. The monoisotopic (exact) mass is 363 g/mol. The molecular formula is C14H22INS. The highest BCUT2D eigenvalue weighted by atomic mass is 127. The maximum Gasteiger partial charge on any atom is 0.0659 e. The van der Waals surface area contributed by atoms with Crippen LogP contribution in [0, 0.1) is 2.88 Å². The van der Waals surface area contributed by atoms with Gasteiger partial charge in [-0.1, -0.05) is 26.2 Å². The van der Waals surface area contributed by atoms with Gasteiger partial charge in [0, 0.05) is 10.9 Å². The molecule has 0 saturated heterocycles. The fourth-order valence-corrected chi connectivity index (χ4v) is 4.68. The zero-order chi connectivity index (χ0) is 12.1. The van der Waals surface area contributed by atoms with Gasteiger partial charge in [0.05, 0.1) is 2.88 Å². The van der Waals surface area contributed by atoms with Gasteiger partial charge in [-0.15, -0.1) is 11.3 Å². The van der Waals surface area contributed by atoms with Crippen molar-refractivity contribution in [1.29, 1.82) is 0 Å². The minimum absolute atomic E-state index is 0.639. The van der Waals surface area contributed by atoms with Crippen LogP contribution in [0.1, 0.15) is 61.9 Å². The van der Waals surface area contributed by atoms with Gasteiger partial charge in [0.2, 0.25) is 0 Å². The molecule has 3 heteroatoms. The number of hydrogen-bond acceptors (Lipinski definition) is 2. The molecule has 1 aliphatic rings. The highest BCUT2D eigenvalue weighted by molar-refractivity contribution is 14.1. The molecule has 1 heterocycles. The number of aryl methyl sites for hydroxylation is 1. The van der Waals surface area contributed by atoms with Gasteiger partial charge in [-0.25, -0.2) is 0 Å². The number of fused-ring (bicyclic) bond motifs is 1. The summed E-state index contributed by atoms with van der Waals surface area (Å²) in [5.41, 5.74) is 1.60. The van der Waals surface area contributed by atoms with Gasteiger partial charge >= 0.3 is 0 Å². The maximum atomic E-state index is 3.75. The van der Waals surface area contributed by atoms with E-state index in [1.165, 1.54) is 54.4 Å². The van der Waals surface area contributed by atoms with Crippen molar-refractivity contribution in [1.82, 2.24) is 5.32 Å². The summed E-state index contributed by atoms with van der Waals surface area (Å²) in [4.78, 5) is 1.63. The number of unbranched alkanes of at least 4 members (excludes halogenated alkanes) is 3. The number of rotatable bonds is 6. The predicted molar refractivity (Wildman–Crippen MR) is 84.9 cm³/mol. The minimum atomic E-state index is 0.639. The van der Waals surface area contributed by atoms with Crippen LogP contribution in [0.5, 0.6) is 0 Å². The molecule has 0 amide bonds. The van der Waals surface area contributed by atoms with Crippen LogP contribution in [-0.4, -0.2) is 6.54 Å². The van der Waals surface area contributed by atoms with Gasteiger partial charge in [0.25, 0.3) is 0 Å². The molecule has 0 radical (unpaired) electrons. The van der Waals surface area contributed by atoms with E-state index in [1.807, 2.05) is 11.3 Å². The van der Waals surface area contributed by atoms with Gasteiger partial charge in [-0.05, 0) is 66.4 Å². The van der Waals surface area contributed by atoms with Gasteiger partial charge in [-0.2, -0.15) is 0 Å². The molecule has 1 nitrogen and oxygen atoms in total. The smallest absolute Gasteiger partial charge is 0.0659 e. The van der Waals surface area contributed by atoms with E-state index in [1.54, 1.807) is 10.4 Å². The Bertz CT molecular complexity index is 348. The third-order valence-electron chi connectivity index (χ3n) is 3.50. The number of thiophene rings is 1. The van der Waals surface area contributed by atoms with E-state index in [9.17, 15) is 0 Å². The lowest BCUT2D eigenvalue weighted by molar-refractivity contribution is 0.453. The fourth-order valence-electron chi connectivity index (χ4n) is 2.56. The van der Waals surface area contributed by atoms with E-state index in [2.05, 4.69) is 40.9 Å². The van der Waals surface area contributed by atoms with Crippen LogP contribution in [0.4, 0.5) is 0 Å². The van der Waals surface area contributed by atoms with E-state index in [0.29, 0.717) is 6.04 Å². The molecule has 0 bridgehead atoms. The van der Waals surface area contributed by atoms with E-state index >= 15 is 0 Å². The lowest BCUT2D eigenvalue weighted by Gasteiger charge is -2.23. The summed E-state index contributed by atoms with van der Waals surface area (Å²) >= 11 is 4.45. The predicted octanol–water partition coefficient (Wildman–Crippen LogP) is 4.90. The average Bonchev–Trinajstić information content (AvgIpc) is 2.70. The Morgan fingerprint density at radius 3 is 3.12 bits per heavy atom. The first-order valence-electron chi connectivity index (χ1n) is 6.82. The van der Waals surface area contributed by atoms with Crippen LogP contribution in [-0.2, 0) is 6.42 Å². The number of nitrogens with one attached hydrogen (secondary N) is 1. The highest BCUT2D eigenvalue weighted by Crippen LogP contribution is 2.36. The molecule has 17 heavy (non-hydrogen) atoms. The lowest BCUT2D eigenvalue weighted by Crippen LogP contribution is -2.25. The summed E-state index contributed by atoms with van der Waals surface area (Å²) in [5.74, 6) is 0. The Morgan fingerprint density at radius 1 is 1.41 bits per heavy atom. The summed E-state index contributed by atoms with van der Waals surface area (Å²) < 4.78 is 1.45. The molecule has 1 atom stereocenters. The zero-order valence-electron chi connectivity index (χ0n) is 10.6. The Balaban J connectivity index is 1.82. The first-order chi connectivity index (χ1) is 8.31. The number of halogens is 1. The highest BCUT2D eigenvalue weighted by Gasteiger charge is 2.21. The molecule has 0 saturated carbocycles. The fraction of sp³-hybridized carbons (Fsp3) is 0.714. The summed E-state index contributed by atoms with van der Waals surface area (Å²) in [5, 5.41) is 3.75. The van der Waals surface area contributed by atoms with Crippen LogP contribution >= 0.6 is 33.9 Å². The van der Waals surface area contributed by atoms with Crippen LogP contribution in [0.2, 0.25) is 0 Å². The second kappa shape index (κ2) is 7.10. The third kappa shape index (κ3) is 3.93. The van der Waals surface area contributed by atoms with Crippen LogP contribution < -0.4 is 5.32 Å². The second-order valence-electron chi connectivity index (χ2n) is 4.89. The van der Waals surface area contributed by atoms with E-state index in [-0.39, 0.29) is 0 Å². The summed E-state index contributed by atoms with van der Waals surface area (Å²) in [6.45, 7) is 3.46. The second-order valence-corrected chi connectivity index (χ2v) is 7.92. The Kier molecular flexibility index (Phi) is 5.77. The maximum absolute atomic E-state index is 3.75. The van der Waals surface area contributed by atoms with Gasteiger partial charge < -0.3 is 5.32 Å². The molecule has 96 valence electrons. The molecule has 1 N–H and O–H groups in total. The summed E-state index contributed by atoms with van der Waals surface area (Å²) in [6.07, 6.45) is 9.41. The molecule has 1 aliphatic carbocycles. The minimum Gasteiger partial charge on any atom is -0.310 e. The van der Waals surface area contributed by atoms with Crippen molar-refractivity contribution in [2.24, 2.45) is 0 Å². The summed E-state index contributed by atoms with van der Waals surface area (Å²) in [7, 11) is 0. The molecule has 1 unspecified atom stereocenters. The Hall–Kier alpha value is 0.390. The molecule has 0 aromatic carbocycles. The van der Waals surface area contributed by atoms with E-state index < -0.39 is 0 Å². The van der Waals surface area contributed by atoms with Crippen molar-refractivity contribution >= 4 is 33.9 Å². The largest absolute Gasteiger partial charge is 0.310 e. The van der Waals surface area contributed by atoms with Crippen molar-refractivity contribution in [3.63, 3.8) is 0 Å². The van der Waals surface area contributed by atoms with Crippen molar-refractivity contribution in [2.45, 2.75) is 57.9 Å². The van der Waals surface area contributed by atoms with Gasteiger partial charge in [0.15, 0.2) is 0 Å². The van der Waals surface area contributed by atoms with E-state index in [0.717, 1.165) is 0 Å². The standard InChI is InChI=1S/C14H22INS/c1-2-3-4-5-9-16-12-7-6-8-13-11(12)10-14(15)17-13/h10,12,16H,2-9H2,1H3. The first kappa shape index (κ1) is 13.8. The van der Waals surface area contributed by atoms with Gasteiger partial charge in [0.1, 0.15) is 0 Å². The first-order valence-corrected chi connectivity index (χ1v) is 8.72. The van der Waals surface area contributed by atoms with Crippen molar-refractivity contribution in [3.05, 3.63) is 19.4 Å². The molecule has 0 fully saturated rings. The van der Waals surface area contributed by atoms with Crippen LogP contribution in [0.3, 0.4) is 0 Å². The topological polar surface area (TPSA) is 12.0 Å². The normalized spacial score (nSPS) is 19.3.